The Hall–Kier alpha value is -5.34. The Bertz CT molecular complexity index is 2070. The number of phenolic OH excluding ortho intramolecular Hbond substituents is 1. The number of carbonyl (C=O) groups is 7. The normalized spacial score (nSPS) is 24.3. The van der Waals surface area contributed by atoms with E-state index in [1.54, 1.807) is 0 Å². The number of benzene rings is 1. The van der Waals surface area contributed by atoms with Crippen LogP contribution in [0, 0.1) is 11.8 Å². The van der Waals surface area contributed by atoms with E-state index in [1.165, 1.54) is 14.0 Å². The molecule has 3 rings (SSSR count). The second kappa shape index (κ2) is 22.9. The summed E-state index contributed by atoms with van der Waals surface area (Å²) in [6.45, 7) is 2.82. The van der Waals surface area contributed by atoms with Crippen LogP contribution in [0.5, 0.6) is 11.5 Å². The Morgan fingerprint density at radius 2 is 1.45 bits per heavy atom. The van der Waals surface area contributed by atoms with Crippen molar-refractivity contribution < 1.29 is 96.7 Å². The maximum atomic E-state index is 14.1. The molecule has 15 unspecified atom stereocenters. The van der Waals surface area contributed by atoms with E-state index >= 15 is 0 Å². The Labute approximate surface area is 376 Å². The first kappa shape index (κ1) is 55.0. The van der Waals surface area contributed by atoms with Gasteiger partial charge in [0.15, 0.2) is 17.7 Å². The van der Waals surface area contributed by atoms with Crippen LogP contribution in [0.25, 0.3) is 0 Å². The zero-order valence-electron chi connectivity index (χ0n) is 35.9. The molecule has 15 atom stereocenters. The smallest absolute Gasteiger partial charge is 0.446 e. The van der Waals surface area contributed by atoms with Gasteiger partial charge in [-0.15, -0.1) is 0 Å². The Balaban J connectivity index is 1.77. The number of hydrogen-bond acceptors (Lipinski definition) is 20. The summed E-state index contributed by atoms with van der Waals surface area (Å²) in [4.78, 5) is 93.1. The monoisotopic (exact) mass is 966 g/mol. The van der Waals surface area contributed by atoms with Gasteiger partial charge in [-0.25, -0.2) is 0 Å². The number of nitrogens with zero attached hydrogens (tertiary/aromatic N) is 2. The number of nitrogens with two attached hydrogens (primary N) is 2. The third-order valence-corrected chi connectivity index (χ3v) is 11.5. The summed E-state index contributed by atoms with van der Waals surface area (Å²) in [5, 5.41) is 105. The van der Waals surface area contributed by atoms with Gasteiger partial charge >= 0.3 is 10.4 Å². The van der Waals surface area contributed by atoms with E-state index < -0.39 is 174 Å². The van der Waals surface area contributed by atoms with Crippen LogP contribution >= 0.6 is 0 Å². The Kier molecular flexibility index (Phi) is 19.1. The number of carbonyl (C=O) groups excluding carboxylic acids is 7. The lowest BCUT2D eigenvalue weighted by Gasteiger charge is -2.33. The van der Waals surface area contributed by atoms with Gasteiger partial charge in [-0.3, -0.25) is 38.1 Å². The molecule has 2 aliphatic heterocycles. The second-order valence-corrected chi connectivity index (χ2v) is 17.2. The van der Waals surface area contributed by atoms with Crippen LogP contribution in [0.2, 0.25) is 0 Å². The number of likely N-dealkylation sites (N-methyl/N-ethyl adjacent to an activating group) is 1. The van der Waals surface area contributed by atoms with Crippen LogP contribution in [-0.2, 0) is 44.0 Å². The summed E-state index contributed by atoms with van der Waals surface area (Å²) in [7, 11) is -3.91. The molecule has 66 heavy (non-hydrogen) atoms. The molecule has 0 aliphatic carbocycles. The van der Waals surface area contributed by atoms with Gasteiger partial charge in [-0.05, 0) is 31.7 Å². The largest absolute Gasteiger partial charge is 0.504 e. The summed E-state index contributed by atoms with van der Waals surface area (Å²) in [5.74, 6) is -12.2. The number of aliphatic hydroxyl groups excluding tert-OH is 8. The van der Waals surface area contributed by atoms with Gasteiger partial charge in [0.05, 0.1) is 48.9 Å². The van der Waals surface area contributed by atoms with Crippen molar-refractivity contribution in [1.29, 1.82) is 0 Å². The third-order valence-electron chi connectivity index (χ3n) is 11.1. The molecule has 2 fully saturated rings. The number of likely N-dealkylation sites (tertiary alicyclic amines) is 2. The second-order valence-electron chi connectivity index (χ2n) is 16.2. The van der Waals surface area contributed by atoms with Crippen LogP contribution < -0.4 is 36.9 Å². The topological polar surface area (TPSA) is 472 Å². The number of nitrogens with one attached hydrogen (secondary N) is 4. The summed E-state index contributed by atoms with van der Waals surface area (Å²) in [5.41, 5.74) is 10.2. The first-order valence-corrected chi connectivity index (χ1v) is 21.6. The van der Waals surface area contributed by atoms with Crippen LogP contribution in [0.3, 0.4) is 0 Å². The average molecular weight is 967 g/mol. The zero-order chi connectivity index (χ0) is 50.3. The van der Waals surface area contributed by atoms with Gasteiger partial charge in [-0.1, -0.05) is 19.9 Å². The fourth-order valence-corrected chi connectivity index (χ4v) is 7.74. The number of rotatable bonds is 22. The predicted molar refractivity (Wildman–Crippen MR) is 219 cm³/mol. The molecule has 0 spiro atoms. The van der Waals surface area contributed by atoms with E-state index in [0.717, 1.165) is 30.9 Å². The lowest BCUT2D eigenvalue weighted by atomic mass is 9.93. The number of aliphatic hydroxyl groups is 8. The molecule has 7 amide bonds. The maximum absolute atomic E-state index is 14.1. The highest BCUT2D eigenvalue weighted by Crippen LogP contribution is 2.33. The van der Waals surface area contributed by atoms with E-state index in [9.17, 15) is 87.9 Å². The predicted octanol–water partition coefficient (Wildman–Crippen LogP) is -8.38. The summed E-state index contributed by atoms with van der Waals surface area (Å²) in [6.07, 6.45) is -16.7. The van der Waals surface area contributed by atoms with Crippen molar-refractivity contribution in [2.75, 3.05) is 20.1 Å². The first-order chi connectivity index (χ1) is 30.5. The molecule has 372 valence electrons. The van der Waals surface area contributed by atoms with Crippen LogP contribution in [-0.4, -0.2) is 203 Å². The number of hydrogen-bond donors (Lipinski definition) is 16. The van der Waals surface area contributed by atoms with E-state index in [2.05, 4.69) is 20.1 Å². The molecule has 2 heterocycles. The van der Waals surface area contributed by atoms with Gasteiger partial charge in [0.1, 0.15) is 36.4 Å². The third kappa shape index (κ3) is 13.9. The average Bonchev–Trinajstić information content (AvgIpc) is 3.77. The fourth-order valence-electron chi connectivity index (χ4n) is 7.38. The number of phenols is 1. The van der Waals surface area contributed by atoms with E-state index in [-0.39, 0.29) is 18.5 Å². The minimum absolute atomic E-state index is 0.181. The fraction of sp³-hybridized carbons (Fsp3) is 0.649. The SMILES string of the molecule is CNC(CC(O)C(O)NC(=O)C1C(O)C(C)CN1C(=O)C(NC(=O)C(C)C(O)C(O)c1ccc(O)c(OS(=O)(=O)O)c1)C(O)CC(N)=O)C(=O)NC(C(=O)N1CC(O)CC1C(N)=O)C(C)O. The molecule has 0 saturated carbocycles. The first-order valence-electron chi connectivity index (χ1n) is 20.2. The van der Waals surface area contributed by atoms with Crippen LogP contribution in [0.1, 0.15) is 51.7 Å². The molecule has 2 aliphatic rings. The highest BCUT2D eigenvalue weighted by atomic mass is 32.3. The maximum Gasteiger partial charge on any atom is 0.446 e. The highest BCUT2D eigenvalue weighted by Gasteiger charge is 2.49. The van der Waals surface area contributed by atoms with Crippen molar-refractivity contribution in [3.8, 4) is 11.5 Å². The molecule has 1 aromatic carbocycles. The van der Waals surface area contributed by atoms with E-state index in [4.69, 9.17) is 16.0 Å². The molecule has 29 heteroatoms. The van der Waals surface area contributed by atoms with Gasteiger partial charge in [0, 0.05) is 31.8 Å². The molecule has 28 nitrogen and oxygen atoms in total. The minimum atomic E-state index is -5.16. The molecular weight excluding hydrogens is 909 g/mol. The molecule has 0 radical (unpaired) electrons. The Morgan fingerprint density at radius 1 is 0.864 bits per heavy atom. The Morgan fingerprint density at radius 3 is 2.00 bits per heavy atom. The van der Waals surface area contributed by atoms with Crippen molar-refractivity contribution in [3.63, 3.8) is 0 Å². The highest BCUT2D eigenvalue weighted by molar-refractivity contribution is 7.81. The molecular formula is C37H58N8O20S. The standard InChI is InChI=1S/C37H58N8O20S/c1-13-11-45(37(61)26(21(49)10-24(38)51)42-32(56)14(2)29(53)30(54)16-5-6-20(48)23(7-16)65-66(62,63)64)27(28(13)52)35(59)43-34(58)22(50)9-18(40-4)33(57)41-25(15(3)46)36(60)44-12-17(47)8-19(44)31(39)55/h5-7,13-15,17-19,21-22,25-30,34,40,46-50,52-54,58H,8-12H2,1-4H3,(H2,38,51)(H2,39,55)(H,41,57)(H,42,56)(H,43,59)(H,62,63,64). The summed E-state index contributed by atoms with van der Waals surface area (Å²) >= 11 is 0. The van der Waals surface area contributed by atoms with Gasteiger partial charge < -0.3 is 92.7 Å². The van der Waals surface area contributed by atoms with Crippen molar-refractivity contribution in [2.45, 2.75) is 119 Å². The molecule has 0 aromatic heterocycles. The summed E-state index contributed by atoms with van der Waals surface area (Å²) in [6, 6.07) is -5.87. The molecule has 2 saturated heterocycles. The zero-order valence-corrected chi connectivity index (χ0v) is 36.8. The molecule has 1 aromatic rings. The van der Waals surface area contributed by atoms with Crippen LogP contribution in [0.4, 0.5) is 0 Å². The number of β-amino-alcohol motifs (C(OH)–C–C–N with tert-alkyl or cyclic N) is 1. The van der Waals surface area contributed by atoms with E-state index in [1.807, 2.05) is 5.32 Å². The van der Waals surface area contributed by atoms with Crippen molar-refractivity contribution in [1.82, 2.24) is 31.1 Å². The quantitative estimate of drug-likeness (QED) is 0.0379. The number of aromatic hydroxyl groups is 1. The van der Waals surface area contributed by atoms with Crippen LogP contribution in [0.15, 0.2) is 18.2 Å². The summed E-state index contributed by atoms with van der Waals surface area (Å²) < 4.78 is 35.5. The van der Waals surface area contributed by atoms with Gasteiger partial charge in [0.2, 0.25) is 41.4 Å². The van der Waals surface area contributed by atoms with Gasteiger partial charge in [0.25, 0.3) is 0 Å². The lowest BCUT2D eigenvalue weighted by molar-refractivity contribution is -0.149. The van der Waals surface area contributed by atoms with Crippen molar-refractivity contribution in [2.24, 2.45) is 23.3 Å². The minimum Gasteiger partial charge on any atom is -0.504 e. The van der Waals surface area contributed by atoms with Crippen molar-refractivity contribution >= 4 is 51.7 Å². The number of primary amides is 2. The lowest BCUT2D eigenvalue weighted by Crippen LogP contribution is -2.61. The van der Waals surface area contributed by atoms with Gasteiger partial charge in [-0.2, -0.15) is 8.42 Å². The van der Waals surface area contributed by atoms with E-state index in [0.29, 0.717) is 11.0 Å². The van der Waals surface area contributed by atoms with Crippen molar-refractivity contribution in [3.05, 3.63) is 23.8 Å². The number of amides is 7. The molecule has 18 N–H and O–H groups in total. The molecule has 0 bridgehead atoms.